The van der Waals surface area contributed by atoms with E-state index in [1.165, 1.54) is 0 Å². The maximum atomic E-state index is 4.14. The molecule has 0 aromatic carbocycles. The second-order valence-corrected chi connectivity index (χ2v) is 2.16. The van der Waals surface area contributed by atoms with Gasteiger partial charge in [0, 0.05) is 13.1 Å². The van der Waals surface area contributed by atoms with E-state index in [1.807, 2.05) is 0 Å². The van der Waals surface area contributed by atoms with Gasteiger partial charge >= 0.3 is 0 Å². The van der Waals surface area contributed by atoms with Gasteiger partial charge in [0.15, 0.2) is 5.17 Å². The monoisotopic (exact) mass is 130 g/mol. The first kappa shape index (κ1) is 5.95. The fourth-order valence-corrected chi connectivity index (χ4v) is 1.11. The molecule has 1 aliphatic rings. The molecule has 0 bridgehead atoms. The molecule has 0 spiro atoms. The van der Waals surface area contributed by atoms with Gasteiger partial charge in [0.05, 0.1) is 6.54 Å². The van der Waals surface area contributed by atoms with Gasteiger partial charge in [-0.2, -0.15) is 0 Å². The highest BCUT2D eigenvalue weighted by Crippen LogP contribution is 2.02. The van der Waals surface area contributed by atoms with Gasteiger partial charge in [0.2, 0.25) is 0 Å². The first-order chi connectivity index (χ1) is 3.84. The minimum Gasteiger partial charge on any atom is -0.350 e. The van der Waals surface area contributed by atoms with Crippen LogP contribution in [0.25, 0.3) is 0 Å². The minimum atomic E-state index is 0.896. The number of likely N-dealkylation sites (N-methyl/N-ethyl adjacent to an activating group) is 1. The van der Waals surface area contributed by atoms with Crippen molar-refractivity contribution in [1.29, 1.82) is 0 Å². The van der Waals surface area contributed by atoms with Crippen molar-refractivity contribution in [3.05, 3.63) is 0 Å². The zero-order chi connectivity index (χ0) is 5.98. The van der Waals surface area contributed by atoms with E-state index in [0.717, 1.165) is 24.8 Å². The molecular formula is C5H10N2S. The fourth-order valence-electron chi connectivity index (χ4n) is 0.770. The predicted molar refractivity (Wildman–Crippen MR) is 38.5 cm³/mol. The van der Waals surface area contributed by atoms with Gasteiger partial charge in [0.25, 0.3) is 0 Å². The molecule has 8 heavy (non-hydrogen) atoms. The van der Waals surface area contributed by atoms with E-state index in [-0.39, 0.29) is 0 Å². The number of hydrogen-bond donors (Lipinski definition) is 1. The highest BCUT2D eigenvalue weighted by molar-refractivity contribution is 7.96. The lowest BCUT2D eigenvalue weighted by atomic mass is 10.6. The van der Waals surface area contributed by atoms with Gasteiger partial charge in [-0.15, -0.1) is 12.6 Å². The van der Waals surface area contributed by atoms with Crippen molar-refractivity contribution in [3.63, 3.8) is 0 Å². The Morgan fingerprint density at radius 1 is 1.88 bits per heavy atom. The standard InChI is InChI=1S/C5H10N2S/c1-2-7-4-3-6-5(7)8/h2-4H2,1H3,(H,6,8). The van der Waals surface area contributed by atoms with E-state index in [1.54, 1.807) is 0 Å². The number of rotatable bonds is 1. The molecule has 0 unspecified atom stereocenters. The number of thiol groups is 1. The molecule has 46 valence electrons. The van der Waals surface area contributed by atoms with Crippen LogP contribution in [0.3, 0.4) is 0 Å². The molecule has 2 nitrogen and oxygen atoms in total. The summed E-state index contributed by atoms with van der Waals surface area (Å²) in [6.07, 6.45) is 0. The second-order valence-electron chi connectivity index (χ2n) is 1.76. The molecule has 0 saturated heterocycles. The van der Waals surface area contributed by atoms with E-state index < -0.39 is 0 Å². The summed E-state index contributed by atoms with van der Waals surface area (Å²) < 4.78 is 0. The molecule has 0 amide bonds. The van der Waals surface area contributed by atoms with E-state index in [2.05, 4.69) is 29.4 Å². The first-order valence-electron chi connectivity index (χ1n) is 2.83. The number of aliphatic imine (C=N–C) groups is 1. The lowest BCUT2D eigenvalue weighted by Gasteiger charge is -2.12. The van der Waals surface area contributed by atoms with Crippen molar-refractivity contribution < 1.29 is 0 Å². The van der Waals surface area contributed by atoms with Crippen molar-refractivity contribution in [2.45, 2.75) is 6.92 Å². The van der Waals surface area contributed by atoms with Crippen LogP contribution in [0.2, 0.25) is 0 Å². The summed E-state index contributed by atoms with van der Waals surface area (Å²) in [6, 6.07) is 0. The Kier molecular flexibility index (Phi) is 1.78. The summed E-state index contributed by atoms with van der Waals surface area (Å²) in [4.78, 5) is 6.24. The van der Waals surface area contributed by atoms with Crippen LogP contribution in [0.15, 0.2) is 4.99 Å². The number of nitrogens with zero attached hydrogens (tertiary/aromatic N) is 2. The summed E-state index contributed by atoms with van der Waals surface area (Å²) in [6.45, 7) is 5.11. The van der Waals surface area contributed by atoms with Crippen LogP contribution in [0.1, 0.15) is 6.92 Å². The summed E-state index contributed by atoms with van der Waals surface area (Å²) in [7, 11) is 0. The van der Waals surface area contributed by atoms with E-state index in [0.29, 0.717) is 0 Å². The normalized spacial score (nSPS) is 19.2. The minimum absolute atomic E-state index is 0.896. The Bertz CT molecular complexity index is 111. The topological polar surface area (TPSA) is 15.6 Å². The molecule has 0 aromatic heterocycles. The molecule has 1 rings (SSSR count). The summed E-state index contributed by atoms with van der Waals surface area (Å²) in [5.74, 6) is 0. The molecule has 0 atom stereocenters. The van der Waals surface area contributed by atoms with Crippen molar-refractivity contribution >= 4 is 17.8 Å². The molecule has 1 heterocycles. The van der Waals surface area contributed by atoms with Gasteiger partial charge in [-0.05, 0) is 6.92 Å². The molecular weight excluding hydrogens is 120 g/mol. The highest BCUT2D eigenvalue weighted by atomic mass is 32.1. The molecule has 0 aliphatic carbocycles. The second kappa shape index (κ2) is 2.40. The van der Waals surface area contributed by atoms with Crippen LogP contribution in [0, 0.1) is 0 Å². The van der Waals surface area contributed by atoms with E-state index >= 15 is 0 Å². The van der Waals surface area contributed by atoms with Gasteiger partial charge in [-0.1, -0.05) is 0 Å². The Labute approximate surface area is 55.0 Å². The number of amidine groups is 1. The van der Waals surface area contributed by atoms with Crippen LogP contribution in [0.5, 0.6) is 0 Å². The van der Waals surface area contributed by atoms with Crippen molar-refractivity contribution in [2.24, 2.45) is 4.99 Å². The fraction of sp³-hybridized carbons (Fsp3) is 0.800. The van der Waals surface area contributed by atoms with Crippen LogP contribution in [-0.2, 0) is 0 Å². The Morgan fingerprint density at radius 2 is 2.62 bits per heavy atom. The molecule has 0 N–H and O–H groups in total. The quantitative estimate of drug-likeness (QED) is 0.514. The molecule has 1 aliphatic heterocycles. The third-order valence-corrected chi connectivity index (χ3v) is 1.71. The zero-order valence-electron chi connectivity index (χ0n) is 4.96. The Hall–Kier alpha value is -0.180. The Balaban J connectivity index is 2.46. The summed E-state index contributed by atoms with van der Waals surface area (Å²) in [5, 5.41) is 0.896. The predicted octanol–water partition coefficient (Wildman–Crippen LogP) is 0.608. The first-order valence-corrected chi connectivity index (χ1v) is 3.27. The van der Waals surface area contributed by atoms with Gasteiger partial charge in [0.1, 0.15) is 0 Å². The average molecular weight is 130 g/mol. The van der Waals surface area contributed by atoms with Gasteiger partial charge in [-0.25, -0.2) is 0 Å². The van der Waals surface area contributed by atoms with Crippen LogP contribution in [0.4, 0.5) is 0 Å². The van der Waals surface area contributed by atoms with Crippen molar-refractivity contribution in [1.82, 2.24) is 4.90 Å². The maximum Gasteiger partial charge on any atom is 0.156 e. The van der Waals surface area contributed by atoms with Crippen molar-refractivity contribution in [2.75, 3.05) is 19.6 Å². The van der Waals surface area contributed by atoms with E-state index in [4.69, 9.17) is 0 Å². The van der Waals surface area contributed by atoms with Gasteiger partial charge in [-0.3, -0.25) is 4.99 Å². The van der Waals surface area contributed by atoms with Crippen LogP contribution >= 0.6 is 12.6 Å². The average Bonchev–Trinajstić information content (AvgIpc) is 2.14. The molecule has 0 saturated carbocycles. The smallest absolute Gasteiger partial charge is 0.156 e. The third kappa shape index (κ3) is 0.968. The molecule has 0 aromatic rings. The lowest BCUT2D eigenvalue weighted by molar-refractivity contribution is 0.491. The molecule has 0 fully saturated rings. The summed E-state index contributed by atoms with van der Waals surface area (Å²) >= 11 is 4.14. The maximum absolute atomic E-state index is 4.14. The van der Waals surface area contributed by atoms with E-state index in [9.17, 15) is 0 Å². The van der Waals surface area contributed by atoms with Crippen LogP contribution in [-0.4, -0.2) is 29.7 Å². The number of hydrogen-bond acceptors (Lipinski definition) is 2. The van der Waals surface area contributed by atoms with Gasteiger partial charge < -0.3 is 4.90 Å². The summed E-state index contributed by atoms with van der Waals surface area (Å²) in [5.41, 5.74) is 0. The highest BCUT2D eigenvalue weighted by Gasteiger charge is 2.08. The Morgan fingerprint density at radius 3 is 2.88 bits per heavy atom. The molecule has 3 heteroatoms. The SMILES string of the molecule is CCN1CCN=C1S. The lowest BCUT2D eigenvalue weighted by Crippen LogP contribution is -2.23. The third-order valence-electron chi connectivity index (χ3n) is 1.29. The molecule has 0 radical (unpaired) electrons. The van der Waals surface area contributed by atoms with Crippen LogP contribution < -0.4 is 0 Å². The zero-order valence-corrected chi connectivity index (χ0v) is 5.86. The van der Waals surface area contributed by atoms with Crippen molar-refractivity contribution in [3.8, 4) is 0 Å². The largest absolute Gasteiger partial charge is 0.350 e.